The molecule has 0 radical (unpaired) electrons. The maximum Gasteiger partial charge on any atom is 0.220 e. The van der Waals surface area contributed by atoms with Crippen LogP contribution in [0.4, 0.5) is 0 Å². The van der Waals surface area contributed by atoms with E-state index in [0.717, 1.165) is 0 Å². The Labute approximate surface area is 131 Å². The second-order valence-electron chi connectivity index (χ2n) is 5.25. The third kappa shape index (κ3) is 5.27. The molecule has 1 saturated heterocycles. The van der Waals surface area contributed by atoms with E-state index in [-0.39, 0.29) is 0 Å². The van der Waals surface area contributed by atoms with Gasteiger partial charge in [0, 0.05) is 19.8 Å². The number of aliphatic carboxylic acids is 1. The highest BCUT2D eigenvalue weighted by molar-refractivity contribution is 6.31. The Kier molecular flexibility index (Phi) is 6.61. The standard InChI is InChI=1S/C13H20N2O8/c1-5-9(15-8(18)4-3-7(17)12(20)21)11(19)10(13(22)23-5)14-6(2)16/h5,9-11,13,19,22H,3-4H2,1-2H3,(H,14,16)(H,15,18)(H,20,21)/p-1/t5-,9+,10-,11+,13?/m1/s1. The van der Waals surface area contributed by atoms with E-state index < -0.39 is 67.0 Å². The number of ketones is 1. The molecule has 0 bridgehead atoms. The number of aliphatic hydroxyl groups excluding tert-OH is 2. The molecule has 0 aromatic rings. The van der Waals surface area contributed by atoms with Crippen LogP contribution in [0.2, 0.25) is 0 Å². The number of nitrogens with one attached hydrogen (secondary N) is 2. The number of carbonyl (C=O) groups excluding carboxylic acids is 4. The number of Topliss-reactive ketones (excluding diaryl/α,β-unsaturated/α-hetero) is 1. The van der Waals surface area contributed by atoms with E-state index in [4.69, 9.17) is 4.74 Å². The molecule has 0 spiro atoms. The fraction of sp³-hybridized carbons (Fsp3) is 0.692. The lowest BCUT2D eigenvalue weighted by Crippen LogP contribution is -2.67. The third-order valence-electron chi connectivity index (χ3n) is 3.41. The Morgan fingerprint density at radius 3 is 2.22 bits per heavy atom. The summed E-state index contributed by atoms with van der Waals surface area (Å²) >= 11 is 0. The van der Waals surface area contributed by atoms with Crippen molar-refractivity contribution in [2.45, 2.75) is 57.3 Å². The number of hydrogen-bond donors (Lipinski definition) is 4. The number of carbonyl (C=O) groups is 4. The molecule has 0 aromatic heterocycles. The fourth-order valence-corrected chi connectivity index (χ4v) is 2.24. The molecule has 1 unspecified atom stereocenters. The molecule has 10 heteroatoms. The fourth-order valence-electron chi connectivity index (χ4n) is 2.24. The van der Waals surface area contributed by atoms with Gasteiger partial charge in [-0.05, 0) is 6.92 Å². The lowest BCUT2D eigenvalue weighted by molar-refractivity contribution is -0.300. The first-order valence-corrected chi connectivity index (χ1v) is 6.95. The molecule has 130 valence electrons. The predicted octanol–water partition coefficient (Wildman–Crippen LogP) is -3.83. The van der Waals surface area contributed by atoms with Gasteiger partial charge >= 0.3 is 0 Å². The van der Waals surface area contributed by atoms with Crippen LogP contribution in [-0.4, -0.2) is 64.4 Å². The average molecular weight is 331 g/mol. The van der Waals surface area contributed by atoms with E-state index in [0.29, 0.717) is 0 Å². The van der Waals surface area contributed by atoms with E-state index in [9.17, 15) is 34.5 Å². The van der Waals surface area contributed by atoms with Gasteiger partial charge in [0.05, 0.1) is 12.1 Å². The third-order valence-corrected chi connectivity index (χ3v) is 3.41. The summed E-state index contributed by atoms with van der Waals surface area (Å²) in [6.07, 6.45) is -4.50. The summed E-state index contributed by atoms with van der Waals surface area (Å²) in [5.74, 6) is -4.27. The molecule has 0 aromatic carbocycles. The Bertz CT molecular complexity index is 494. The molecule has 4 N–H and O–H groups in total. The van der Waals surface area contributed by atoms with Crippen LogP contribution in [0.3, 0.4) is 0 Å². The van der Waals surface area contributed by atoms with Crippen molar-refractivity contribution in [1.29, 1.82) is 0 Å². The van der Waals surface area contributed by atoms with Gasteiger partial charge < -0.3 is 35.5 Å². The van der Waals surface area contributed by atoms with Crippen LogP contribution < -0.4 is 15.7 Å². The number of aliphatic hydroxyl groups is 2. The van der Waals surface area contributed by atoms with Crippen LogP contribution in [0.25, 0.3) is 0 Å². The second kappa shape index (κ2) is 7.99. The molecule has 2 amide bonds. The Balaban J connectivity index is 2.66. The smallest absolute Gasteiger partial charge is 0.220 e. The van der Waals surface area contributed by atoms with E-state index in [1.54, 1.807) is 0 Å². The van der Waals surface area contributed by atoms with Gasteiger partial charge in [-0.2, -0.15) is 0 Å². The maximum atomic E-state index is 11.7. The molecule has 5 atom stereocenters. The van der Waals surface area contributed by atoms with Crippen molar-refractivity contribution in [3.63, 3.8) is 0 Å². The molecule has 1 heterocycles. The molecule has 1 rings (SSSR count). The van der Waals surface area contributed by atoms with Crippen LogP contribution in [0.5, 0.6) is 0 Å². The molecule has 0 saturated carbocycles. The van der Waals surface area contributed by atoms with E-state index in [1.807, 2.05) is 0 Å². The molecular weight excluding hydrogens is 312 g/mol. The largest absolute Gasteiger partial charge is 0.542 e. The predicted molar refractivity (Wildman–Crippen MR) is 71.3 cm³/mol. The van der Waals surface area contributed by atoms with Gasteiger partial charge in [-0.25, -0.2) is 0 Å². The monoisotopic (exact) mass is 331 g/mol. The van der Waals surface area contributed by atoms with Crippen LogP contribution in [0.15, 0.2) is 0 Å². The van der Waals surface area contributed by atoms with Crippen LogP contribution >= 0.6 is 0 Å². The Morgan fingerprint density at radius 1 is 1.09 bits per heavy atom. The topological polar surface area (TPSA) is 165 Å². The Morgan fingerprint density at radius 2 is 1.70 bits per heavy atom. The van der Waals surface area contributed by atoms with E-state index in [2.05, 4.69) is 10.6 Å². The van der Waals surface area contributed by atoms with Crippen molar-refractivity contribution in [2.24, 2.45) is 0 Å². The number of carboxylic acids is 1. The first kappa shape index (κ1) is 19.0. The zero-order chi connectivity index (χ0) is 17.7. The molecular formula is C13H19N2O8-. The quantitative estimate of drug-likeness (QED) is 0.359. The highest BCUT2D eigenvalue weighted by Crippen LogP contribution is 2.20. The highest BCUT2D eigenvalue weighted by atomic mass is 16.6. The molecule has 10 nitrogen and oxygen atoms in total. The van der Waals surface area contributed by atoms with Crippen molar-refractivity contribution in [3.05, 3.63) is 0 Å². The van der Waals surface area contributed by atoms with Crippen molar-refractivity contribution < 1.29 is 39.2 Å². The number of carboxylic acid groups (broad SMARTS) is 1. The van der Waals surface area contributed by atoms with Gasteiger partial charge in [-0.15, -0.1) is 0 Å². The Hall–Kier alpha value is -2.04. The summed E-state index contributed by atoms with van der Waals surface area (Å²) in [6.45, 7) is 2.68. The first-order chi connectivity index (χ1) is 10.6. The van der Waals surface area contributed by atoms with Crippen molar-refractivity contribution in [1.82, 2.24) is 10.6 Å². The number of rotatable bonds is 6. The molecule has 23 heavy (non-hydrogen) atoms. The summed E-state index contributed by atoms with van der Waals surface area (Å²) in [6, 6.07) is -2.10. The average Bonchev–Trinajstić information content (AvgIpc) is 2.45. The van der Waals surface area contributed by atoms with Gasteiger partial charge in [0.15, 0.2) is 12.1 Å². The molecule has 1 aliphatic rings. The van der Waals surface area contributed by atoms with Gasteiger partial charge in [0.1, 0.15) is 18.1 Å². The van der Waals surface area contributed by atoms with Gasteiger partial charge in [-0.1, -0.05) is 0 Å². The van der Waals surface area contributed by atoms with Crippen molar-refractivity contribution >= 4 is 23.6 Å². The summed E-state index contributed by atoms with van der Waals surface area (Å²) in [5.41, 5.74) is 0. The minimum Gasteiger partial charge on any atom is -0.542 e. The van der Waals surface area contributed by atoms with E-state index in [1.165, 1.54) is 13.8 Å². The minimum absolute atomic E-state index is 0.407. The molecule has 1 aliphatic heterocycles. The summed E-state index contributed by atoms with van der Waals surface area (Å²) in [4.78, 5) is 44.0. The lowest BCUT2D eigenvalue weighted by atomic mass is 9.94. The zero-order valence-electron chi connectivity index (χ0n) is 12.6. The molecule has 0 aliphatic carbocycles. The second-order valence-corrected chi connectivity index (χ2v) is 5.25. The summed E-state index contributed by atoms with van der Waals surface area (Å²) in [7, 11) is 0. The van der Waals surface area contributed by atoms with Crippen LogP contribution in [0.1, 0.15) is 26.7 Å². The van der Waals surface area contributed by atoms with Crippen LogP contribution in [0, 0.1) is 0 Å². The number of hydrogen-bond acceptors (Lipinski definition) is 8. The minimum atomic E-state index is -1.87. The van der Waals surface area contributed by atoms with Gasteiger partial charge in [-0.3, -0.25) is 14.4 Å². The van der Waals surface area contributed by atoms with Crippen LogP contribution in [-0.2, 0) is 23.9 Å². The van der Waals surface area contributed by atoms with E-state index >= 15 is 0 Å². The lowest BCUT2D eigenvalue weighted by Gasteiger charge is -2.42. The van der Waals surface area contributed by atoms with Gasteiger partial charge in [0.2, 0.25) is 11.8 Å². The van der Waals surface area contributed by atoms with Crippen molar-refractivity contribution in [3.8, 4) is 0 Å². The summed E-state index contributed by atoms with van der Waals surface area (Å²) in [5, 5.41) is 34.9. The normalized spacial score (nSPS) is 30.3. The van der Waals surface area contributed by atoms with Crippen molar-refractivity contribution in [2.75, 3.05) is 0 Å². The maximum absolute atomic E-state index is 11.7. The SMILES string of the molecule is CC(=O)N[C@H]1C(O)O[C@H](C)[C@H](NC(=O)CCC(=O)C(=O)[O-])[C@@H]1O. The van der Waals surface area contributed by atoms with Gasteiger partial charge in [0.25, 0.3) is 0 Å². The zero-order valence-corrected chi connectivity index (χ0v) is 12.6. The first-order valence-electron chi connectivity index (χ1n) is 6.95. The number of amides is 2. The summed E-state index contributed by atoms with van der Waals surface area (Å²) < 4.78 is 5.14. The molecule has 1 fully saturated rings. The highest BCUT2D eigenvalue weighted by Gasteiger charge is 2.43. The number of ether oxygens (including phenoxy) is 1.